The number of hydrogen-bond donors (Lipinski definition) is 0. The van der Waals surface area contributed by atoms with Crippen LogP contribution in [0.15, 0.2) is 0 Å². The van der Waals surface area contributed by atoms with E-state index in [1.807, 2.05) is 64.3 Å². The number of unbranched alkanes of at least 4 members (excludes halogenated alkanes) is 16. The Morgan fingerprint density at radius 2 is 0.938 bits per heavy atom. The fourth-order valence-corrected chi connectivity index (χ4v) is 13.8. The predicted octanol–water partition coefficient (Wildman–Crippen LogP) is 11.2. The molecule has 64 heavy (non-hydrogen) atoms. The maximum atomic E-state index is 12.7. The number of rotatable bonds is 42. The fraction of sp³-hybridized carbons (Fsp3) is 0.913. The van der Waals surface area contributed by atoms with Gasteiger partial charge in [-0.25, -0.2) is 0 Å². The van der Waals surface area contributed by atoms with Crippen molar-refractivity contribution < 1.29 is 61.1 Å². The largest absolute Gasteiger partial charge is 0.756 e. The van der Waals surface area contributed by atoms with Gasteiger partial charge < -0.3 is 37.4 Å². The Balaban J connectivity index is 1.51. The van der Waals surface area contributed by atoms with Gasteiger partial charge in [0.05, 0.1) is 41.0 Å². The summed E-state index contributed by atoms with van der Waals surface area (Å²) in [5.74, 6) is 1.39. The summed E-state index contributed by atoms with van der Waals surface area (Å²) in [6.45, 7) is 0.545. The highest BCUT2D eigenvalue weighted by Gasteiger charge is 2.22. The van der Waals surface area contributed by atoms with Crippen LogP contribution in [0.2, 0.25) is 0 Å². The molecule has 0 saturated carbocycles. The molecule has 0 aliphatic carbocycles. The second-order valence-electron chi connectivity index (χ2n) is 18.1. The highest BCUT2D eigenvalue weighted by Crippen LogP contribution is 2.41. The van der Waals surface area contributed by atoms with Gasteiger partial charge in [0.2, 0.25) is 0 Å². The van der Waals surface area contributed by atoms with E-state index in [2.05, 4.69) is 0 Å². The smallest absolute Gasteiger partial charge is 0.306 e. The van der Waals surface area contributed by atoms with Gasteiger partial charge in [0.25, 0.3) is 7.82 Å². The number of likely N-dealkylation sites (N-methyl/N-ethyl adjacent to an activating group) is 1. The van der Waals surface area contributed by atoms with Gasteiger partial charge in [-0.05, 0) is 64.2 Å². The molecular formula is C46H84NO12PS4. The van der Waals surface area contributed by atoms with E-state index in [0.29, 0.717) is 49.9 Å². The van der Waals surface area contributed by atoms with Crippen molar-refractivity contribution in [1.29, 1.82) is 0 Å². The Bertz CT molecular complexity index is 1280. The van der Waals surface area contributed by atoms with Gasteiger partial charge in [0.15, 0.2) is 6.10 Å². The van der Waals surface area contributed by atoms with Crippen molar-refractivity contribution in [1.82, 2.24) is 0 Å². The van der Waals surface area contributed by atoms with Crippen LogP contribution in [0.1, 0.15) is 180 Å². The Kier molecular flexibility index (Phi) is 35.5. The monoisotopic (exact) mass is 1000 g/mol. The van der Waals surface area contributed by atoms with E-state index in [1.54, 1.807) is 0 Å². The molecule has 2 rings (SSSR count). The molecule has 0 aromatic carbocycles. The lowest BCUT2D eigenvalue weighted by Crippen LogP contribution is -2.37. The Morgan fingerprint density at radius 3 is 1.38 bits per heavy atom. The van der Waals surface area contributed by atoms with Crippen LogP contribution in [0, 0.1) is 0 Å². The molecule has 0 amide bonds. The average Bonchev–Trinajstić information content (AvgIpc) is 3.98. The van der Waals surface area contributed by atoms with Crippen molar-refractivity contribution in [3.63, 3.8) is 0 Å². The molecule has 0 N–H and O–H groups in total. The minimum Gasteiger partial charge on any atom is -0.756 e. The summed E-state index contributed by atoms with van der Waals surface area (Å²) in [4.78, 5) is 61.7. The van der Waals surface area contributed by atoms with Gasteiger partial charge in [-0.15, -0.1) is 0 Å². The number of nitrogens with zero attached hydrogens (tertiary/aromatic N) is 1. The quantitative estimate of drug-likeness (QED) is 0.0142. The number of quaternary nitrogens is 1. The van der Waals surface area contributed by atoms with Gasteiger partial charge >= 0.3 is 23.9 Å². The zero-order valence-corrected chi connectivity index (χ0v) is 43.8. The lowest BCUT2D eigenvalue weighted by atomic mass is 10.1. The summed E-state index contributed by atoms with van der Waals surface area (Å²) in [5, 5.41) is 1.51. The van der Waals surface area contributed by atoms with E-state index in [9.17, 15) is 28.6 Å². The first-order valence-corrected chi connectivity index (χ1v) is 30.7. The van der Waals surface area contributed by atoms with E-state index < -0.39 is 32.5 Å². The van der Waals surface area contributed by atoms with Gasteiger partial charge in [-0.2, -0.15) is 0 Å². The van der Waals surface area contributed by atoms with Crippen molar-refractivity contribution in [3.8, 4) is 0 Å². The van der Waals surface area contributed by atoms with Gasteiger partial charge in [-0.3, -0.25) is 23.7 Å². The van der Waals surface area contributed by atoms with E-state index in [0.717, 1.165) is 126 Å². The summed E-state index contributed by atoms with van der Waals surface area (Å²) in [6, 6.07) is 0. The second-order valence-corrected chi connectivity index (χ2v) is 25.1. The number of ether oxygens (including phenoxy) is 4. The molecule has 4 atom stereocenters. The van der Waals surface area contributed by atoms with Crippen molar-refractivity contribution in [3.05, 3.63) is 0 Å². The highest BCUT2D eigenvalue weighted by atomic mass is 33.1. The third-order valence-electron chi connectivity index (χ3n) is 11.0. The number of phosphoric acid groups is 1. The minimum absolute atomic E-state index is 0.0606. The van der Waals surface area contributed by atoms with E-state index >= 15 is 0 Å². The van der Waals surface area contributed by atoms with E-state index in [-0.39, 0.29) is 38.0 Å². The Hall–Kier alpha value is -0.650. The van der Waals surface area contributed by atoms with Gasteiger partial charge in [0.1, 0.15) is 19.8 Å². The minimum atomic E-state index is -4.67. The van der Waals surface area contributed by atoms with Crippen LogP contribution in [0.3, 0.4) is 0 Å². The lowest BCUT2D eigenvalue weighted by Gasteiger charge is -2.28. The fourth-order valence-electron chi connectivity index (χ4n) is 7.05. The summed E-state index contributed by atoms with van der Waals surface area (Å²) in [5.41, 5.74) is 0. The SMILES string of the molecule is C[N+](C)(C)CCOP(=O)([O-])OC[C@@H](COC(=O)CCCCCCCCCCOC(=O)CCCCC1CCSS1)OC(=O)CCCCCCCCCCOC(=O)CCCCC1CCSS1. The molecule has 13 nitrogen and oxygen atoms in total. The number of phosphoric ester groups is 1. The summed E-state index contributed by atoms with van der Waals surface area (Å²) < 4.78 is 44.7. The molecule has 2 aliphatic heterocycles. The third kappa shape index (κ3) is 36.4. The van der Waals surface area contributed by atoms with Crippen molar-refractivity contribution >= 4 is 74.9 Å². The first kappa shape index (κ1) is 59.5. The zero-order valence-electron chi connectivity index (χ0n) is 39.6. The third-order valence-corrected chi connectivity index (χ3v) is 18.0. The number of hydrogen-bond acceptors (Lipinski definition) is 16. The molecule has 0 bridgehead atoms. The van der Waals surface area contributed by atoms with Crippen molar-refractivity contribution in [2.75, 3.05) is 72.2 Å². The molecule has 374 valence electrons. The first-order valence-electron chi connectivity index (χ1n) is 24.4. The second kappa shape index (κ2) is 38.2. The Labute approximate surface area is 402 Å². The number of esters is 4. The zero-order chi connectivity index (χ0) is 46.6. The highest BCUT2D eigenvalue weighted by molar-refractivity contribution is 8.77. The molecule has 2 saturated heterocycles. The average molecular weight is 1000 g/mol. The summed E-state index contributed by atoms with van der Waals surface area (Å²) in [6.07, 6.45) is 24.5. The number of carbonyl (C=O) groups is 4. The van der Waals surface area contributed by atoms with Gasteiger partial charge in [0, 0.05) is 47.7 Å². The van der Waals surface area contributed by atoms with Crippen LogP contribution in [0.25, 0.3) is 0 Å². The van der Waals surface area contributed by atoms with E-state index in [4.69, 9.17) is 28.0 Å². The van der Waals surface area contributed by atoms with Crippen LogP contribution in [0.4, 0.5) is 0 Å². The molecule has 0 aromatic heterocycles. The molecule has 2 heterocycles. The maximum absolute atomic E-state index is 12.7. The normalized spacial score (nSPS) is 17.8. The molecule has 3 unspecified atom stereocenters. The van der Waals surface area contributed by atoms with Crippen LogP contribution in [-0.2, 0) is 51.7 Å². The van der Waals surface area contributed by atoms with E-state index in [1.165, 1.54) is 37.2 Å². The molecule has 0 spiro atoms. The molecule has 2 aliphatic rings. The molecule has 2 fully saturated rings. The molecular weight excluding hydrogens is 918 g/mol. The first-order chi connectivity index (χ1) is 30.8. The summed E-state index contributed by atoms with van der Waals surface area (Å²) >= 11 is 0. The van der Waals surface area contributed by atoms with Gasteiger partial charge in [-0.1, -0.05) is 133 Å². The lowest BCUT2D eigenvalue weighted by molar-refractivity contribution is -0.870. The van der Waals surface area contributed by atoms with Crippen molar-refractivity contribution in [2.24, 2.45) is 0 Å². The standard InChI is InChI=1S/C46H84NO12PS4/c1-47(2,3)32-35-57-60(52,53)58-39-40(59-46(51)29-17-13-9-5-7-11-15-23-34-55-44(49)28-21-19-25-42-31-37-62-64-42)38-56-45(50)26-16-12-8-4-6-10-14-22-33-54-43(48)27-20-18-24-41-30-36-61-63-41/h40-42H,4-39H2,1-3H3/t40-,41?,42?/m1/s1. The molecule has 18 heteroatoms. The number of carbonyl (C=O) groups excluding carboxylic acids is 4. The summed E-state index contributed by atoms with van der Waals surface area (Å²) in [7, 11) is 8.95. The maximum Gasteiger partial charge on any atom is 0.306 e. The van der Waals surface area contributed by atoms with Crippen LogP contribution < -0.4 is 4.89 Å². The topological polar surface area (TPSA) is 164 Å². The molecule has 0 aromatic rings. The van der Waals surface area contributed by atoms with Crippen LogP contribution in [-0.4, -0.2) is 117 Å². The predicted molar refractivity (Wildman–Crippen MR) is 262 cm³/mol. The van der Waals surface area contributed by atoms with Crippen LogP contribution in [0.5, 0.6) is 0 Å². The Morgan fingerprint density at radius 1 is 0.531 bits per heavy atom. The van der Waals surface area contributed by atoms with Crippen molar-refractivity contribution in [2.45, 2.75) is 196 Å². The molecule has 0 radical (unpaired) electrons. The van der Waals surface area contributed by atoms with Crippen LogP contribution >= 0.6 is 51.0 Å².